The SMILES string of the molecule is CC(C)C(NC(=O)C(CCCCN)NC(=O)C(Cc1c[nH]c2ccccc12)NC(=O)C(Cc1ccc(O)cc1)NC(=O)C(N)CS)C(=O)NC(CS)C(=O)NC(C(N)=O)C(C)O. The Labute approximate surface area is 371 Å². The summed E-state index contributed by atoms with van der Waals surface area (Å²) in [6.45, 7) is 4.86. The number of para-hydroxylation sites is 1. The molecule has 0 spiro atoms. The number of benzene rings is 2. The van der Waals surface area contributed by atoms with Gasteiger partial charge in [-0.2, -0.15) is 25.3 Å². The minimum absolute atomic E-state index is 0.00492. The van der Waals surface area contributed by atoms with Gasteiger partial charge in [-0.3, -0.25) is 33.6 Å². The van der Waals surface area contributed by atoms with Crippen LogP contribution in [-0.2, 0) is 46.4 Å². The predicted octanol–water partition coefficient (Wildman–Crippen LogP) is -1.59. The van der Waals surface area contributed by atoms with Crippen LogP contribution in [0.2, 0.25) is 0 Å². The number of unbranched alkanes of at least 4 members (excludes halogenated alkanes) is 1. The Morgan fingerprint density at radius 1 is 0.677 bits per heavy atom. The predicted molar refractivity (Wildman–Crippen MR) is 240 cm³/mol. The number of aromatic nitrogens is 1. The van der Waals surface area contributed by atoms with Crippen molar-refractivity contribution in [2.24, 2.45) is 23.1 Å². The smallest absolute Gasteiger partial charge is 0.244 e. The van der Waals surface area contributed by atoms with Gasteiger partial charge in [0.2, 0.25) is 41.4 Å². The summed E-state index contributed by atoms with van der Waals surface area (Å²) in [5.74, 6) is -6.28. The number of primary amides is 1. The van der Waals surface area contributed by atoms with Crippen LogP contribution >= 0.6 is 25.3 Å². The number of rotatable bonds is 25. The second-order valence-electron chi connectivity index (χ2n) is 15.3. The van der Waals surface area contributed by atoms with Crippen molar-refractivity contribution in [2.45, 2.75) is 101 Å². The molecule has 7 amide bonds. The molecule has 2 aromatic carbocycles. The molecule has 8 unspecified atom stereocenters. The number of H-pyrrole nitrogens is 1. The fraction of sp³-hybridized carbons (Fsp3) is 0.488. The molecule has 1 heterocycles. The van der Waals surface area contributed by atoms with E-state index < -0.39 is 95.7 Å². The van der Waals surface area contributed by atoms with E-state index in [1.807, 2.05) is 24.3 Å². The van der Waals surface area contributed by atoms with Crippen LogP contribution in [0, 0.1) is 5.92 Å². The van der Waals surface area contributed by atoms with E-state index in [2.05, 4.69) is 62.1 Å². The maximum Gasteiger partial charge on any atom is 0.244 e. The third-order valence-corrected chi connectivity index (χ3v) is 10.8. The summed E-state index contributed by atoms with van der Waals surface area (Å²) in [4.78, 5) is 97.1. The standard InChI is InChI=1S/C41H60N10O9S2/c1-21(2)33(41(60)49-32(20-62)40(59)51-34(22(3)52)35(44)54)50-37(56)29(10-6-7-15-42)46-39(58)31(17-24-18-45-28-9-5-4-8-26(24)28)48-38(57)30(47-36(55)27(43)19-61)16-23-11-13-25(53)14-12-23/h4-5,8-9,11-14,18,21-22,27,29-34,45,52-53,61-62H,6-7,10,15-17,19-20,42-43H2,1-3H3,(H2,44,54)(H,46,58)(H,47,55)(H,48,57)(H,49,60)(H,50,56)(H,51,59). The monoisotopic (exact) mass is 900 g/mol. The van der Waals surface area contributed by atoms with Crippen LogP contribution in [-0.4, -0.2) is 123 Å². The Morgan fingerprint density at radius 3 is 1.81 bits per heavy atom. The zero-order chi connectivity index (χ0) is 46.1. The van der Waals surface area contributed by atoms with Crippen molar-refractivity contribution in [3.63, 3.8) is 0 Å². The molecule has 0 saturated carbocycles. The molecule has 8 atom stereocenters. The lowest BCUT2D eigenvalue weighted by molar-refractivity contribution is -0.136. The van der Waals surface area contributed by atoms with Gasteiger partial charge in [-0.05, 0) is 68.0 Å². The number of carbonyl (C=O) groups is 7. The molecular weight excluding hydrogens is 841 g/mol. The van der Waals surface area contributed by atoms with Gasteiger partial charge >= 0.3 is 0 Å². The van der Waals surface area contributed by atoms with Gasteiger partial charge in [-0.15, -0.1) is 0 Å². The molecule has 0 aliphatic heterocycles. The third-order valence-electron chi connectivity index (χ3n) is 10.0. The Bertz CT molecular complexity index is 2000. The Morgan fingerprint density at radius 2 is 1.23 bits per heavy atom. The molecule has 3 rings (SSSR count). The van der Waals surface area contributed by atoms with Gasteiger partial charge in [-0.25, -0.2) is 0 Å². The van der Waals surface area contributed by atoms with E-state index in [0.29, 0.717) is 30.5 Å². The first-order chi connectivity index (χ1) is 29.4. The van der Waals surface area contributed by atoms with E-state index in [4.69, 9.17) is 17.2 Å². The fourth-order valence-corrected chi connectivity index (χ4v) is 6.83. The normalized spacial score (nSPS) is 15.2. The zero-order valence-electron chi connectivity index (χ0n) is 34.9. The first-order valence-electron chi connectivity index (χ1n) is 20.2. The highest BCUT2D eigenvalue weighted by molar-refractivity contribution is 7.80. The van der Waals surface area contributed by atoms with E-state index in [9.17, 15) is 43.8 Å². The van der Waals surface area contributed by atoms with Gasteiger partial charge in [0.15, 0.2) is 0 Å². The minimum Gasteiger partial charge on any atom is -0.508 e. The van der Waals surface area contributed by atoms with Gasteiger partial charge < -0.3 is 64.3 Å². The Kier molecular flexibility index (Phi) is 20.5. The number of nitrogens with one attached hydrogen (secondary N) is 7. The number of aromatic amines is 1. The summed E-state index contributed by atoms with van der Waals surface area (Å²) < 4.78 is 0. The number of phenols is 1. The van der Waals surface area contributed by atoms with Crippen LogP contribution in [0.15, 0.2) is 54.7 Å². The van der Waals surface area contributed by atoms with Crippen LogP contribution in [0.3, 0.4) is 0 Å². The number of fused-ring (bicyclic) bond motifs is 1. The average molecular weight is 901 g/mol. The molecule has 15 N–H and O–H groups in total. The van der Waals surface area contributed by atoms with Crippen molar-refractivity contribution in [1.82, 2.24) is 36.9 Å². The molecular formula is C41H60N10O9S2. The lowest BCUT2D eigenvalue weighted by Gasteiger charge is -2.29. The van der Waals surface area contributed by atoms with E-state index in [-0.39, 0.29) is 36.5 Å². The van der Waals surface area contributed by atoms with Gasteiger partial charge in [-0.1, -0.05) is 44.2 Å². The van der Waals surface area contributed by atoms with Crippen LogP contribution in [0.5, 0.6) is 5.75 Å². The highest BCUT2D eigenvalue weighted by Crippen LogP contribution is 2.20. The lowest BCUT2D eigenvalue weighted by Crippen LogP contribution is -2.61. The number of amides is 7. The zero-order valence-corrected chi connectivity index (χ0v) is 36.7. The van der Waals surface area contributed by atoms with Crippen LogP contribution < -0.4 is 49.1 Å². The van der Waals surface area contributed by atoms with Crippen molar-refractivity contribution < 1.29 is 43.8 Å². The molecule has 19 nitrogen and oxygen atoms in total. The van der Waals surface area contributed by atoms with Crippen LogP contribution in [0.1, 0.15) is 51.2 Å². The topological polar surface area (TPSA) is 326 Å². The number of hydrogen-bond donors (Lipinski definition) is 14. The van der Waals surface area contributed by atoms with Crippen molar-refractivity contribution in [2.75, 3.05) is 18.1 Å². The largest absolute Gasteiger partial charge is 0.508 e. The van der Waals surface area contributed by atoms with Crippen molar-refractivity contribution in [3.8, 4) is 5.75 Å². The molecule has 0 aliphatic rings. The second kappa shape index (κ2) is 24.9. The molecule has 0 saturated heterocycles. The number of thiol groups is 2. The van der Waals surface area contributed by atoms with E-state index in [0.717, 1.165) is 10.9 Å². The molecule has 21 heteroatoms. The summed E-state index contributed by atoms with van der Waals surface area (Å²) >= 11 is 8.26. The van der Waals surface area contributed by atoms with Gasteiger partial charge in [0.25, 0.3) is 0 Å². The maximum atomic E-state index is 14.4. The fourth-order valence-electron chi connectivity index (χ4n) is 6.40. The van der Waals surface area contributed by atoms with Gasteiger partial charge in [0.1, 0.15) is 42.0 Å². The van der Waals surface area contributed by atoms with Crippen LogP contribution in [0.4, 0.5) is 0 Å². The number of phenolic OH excluding ortho intramolecular Hbond substituents is 1. The van der Waals surface area contributed by atoms with Crippen molar-refractivity contribution in [3.05, 3.63) is 65.9 Å². The number of aliphatic hydroxyl groups excluding tert-OH is 1. The molecule has 0 aliphatic carbocycles. The van der Waals surface area contributed by atoms with Crippen LogP contribution in [0.25, 0.3) is 10.9 Å². The highest BCUT2D eigenvalue weighted by Gasteiger charge is 2.35. The second-order valence-corrected chi connectivity index (χ2v) is 16.0. The summed E-state index contributed by atoms with van der Waals surface area (Å²) in [5.41, 5.74) is 19.0. The molecule has 1 aromatic heterocycles. The molecule has 0 radical (unpaired) electrons. The molecule has 0 bridgehead atoms. The molecule has 340 valence electrons. The number of carbonyl (C=O) groups excluding carboxylic acids is 7. The van der Waals surface area contributed by atoms with E-state index >= 15 is 0 Å². The number of aliphatic hydroxyl groups is 1. The summed E-state index contributed by atoms with van der Waals surface area (Å²) in [6, 6.07) is 4.56. The molecule has 3 aromatic rings. The quantitative estimate of drug-likeness (QED) is 0.0340. The summed E-state index contributed by atoms with van der Waals surface area (Å²) in [5, 5.41) is 36.2. The molecule has 62 heavy (non-hydrogen) atoms. The average Bonchev–Trinajstić information content (AvgIpc) is 3.65. The van der Waals surface area contributed by atoms with E-state index in [1.54, 1.807) is 32.2 Å². The highest BCUT2D eigenvalue weighted by atomic mass is 32.1. The minimum atomic E-state index is -1.44. The Hall–Kier alpha value is -5.35. The maximum absolute atomic E-state index is 14.4. The van der Waals surface area contributed by atoms with Gasteiger partial charge in [0.05, 0.1) is 12.1 Å². The number of hydrogen-bond acceptors (Lipinski definition) is 13. The first-order valence-corrected chi connectivity index (χ1v) is 21.5. The number of nitrogens with two attached hydrogens (primary N) is 3. The summed E-state index contributed by atoms with van der Waals surface area (Å²) in [6.07, 6.45) is 1.26. The number of aromatic hydroxyl groups is 1. The third kappa shape index (κ3) is 15.2. The lowest BCUT2D eigenvalue weighted by atomic mass is 10.00. The van der Waals surface area contributed by atoms with Gasteiger partial charge in [0, 0.05) is 41.4 Å². The first kappa shape index (κ1) is 51.0. The summed E-state index contributed by atoms with van der Waals surface area (Å²) in [7, 11) is 0. The molecule has 0 fully saturated rings. The van der Waals surface area contributed by atoms with Crippen molar-refractivity contribution in [1.29, 1.82) is 0 Å². The Balaban J connectivity index is 1.93. The van der Waals surface area contributed by atoms with E-state index in [1.165, 1.54) is 19.1 Å². The van der Waals surface area contributed by atoms with Crippen molar-refractivity contribution >= 4 is 77.5 Å².